The van der Waals surface area contributed by atoms with Crippen LogP contribution in [-0.4, -0.2) is 29.6 Å². The van der Waals surface area contributed by atoms with E-state index in [1.807, 2.05) is 13.8 Å². The monoisotopic (exact) mass is 316 g/mol. The number of aliphatic hydroxyl groups excluding tert-OH is 1. The topological polar surface area (TPSA) is 78.4 Å². The molecule has 7 heteroatoms. The number of nitrogens with one attached hydrogen (secondary N) is 2. The fourth-order valence-corrected chi connectivity index (χ4v) is 1.86. The Bertz CT molecular complexity index is 523. The van der Waals surface area contributed by atoms with Crippen molar-refractivity contribution in [3.8, 4) is 0 Å². The molecule has 1 aromatic rings. The van der Waals surface area contributed by atoms with Crippen LogP contribution in [0.4, 0.5) is 10.1 Å². The Morgan fingerprint density at radius 1 is 1.33 bits per heavy atom. The van der Waals surface area contributed by atoms with Gasteiger partial charge in [-0.1, -0.05) is 25.4 Å². The fraction of sp³-hybridized carbons (Fsp3) is 0.429. The van der Waals surface area contributed by atoms with Gasteiger partial charge < -0.3 is 15.7 Å². The third-order valence-electron chi connectivity index (χ3n) is 2.62. The molecule has 21 heavy (non-hydrogen) atoms. The van der Waals surface area contributed by atoms with Crippen molar-refractivity contribution < 1.29 is 19.1 Å². The first-order valence-electron chi connectivity index (χ1n) is 6.52. The summed E-state index contributed by atoms with van der Waals surface area (Å²) < 4.78 is 13.0. The third-order valence-corrected chi connectivity index (χ3v) is 2.95. The predicted octanol–water partition coefficient (Wildman–Crippen LogP) is 1.94. The Labute approximate surface area is 127 Å². The zero-order valence-electron chi connectivity index (χ0n) is 11.8. The number of amides is 2. The summed E-state index contributed by atoms with van der Waals surface area (Å²) in [4.78, 5) is 23.2. The van der Waals surface area contributed by atoms with Gasteiger partial charge in [0.2, 0.25) is 0 Å². The van der Waals surface area contributed by atoms with Crippen molar-refractivity contribution in [1.29, 1.82) is 0 Å². The molecule has 0 aliphatic carbocycles. The summed E-state index contributed by atoms with van der Waals surface area (Å²) in [7, 11) is 0. The lowest BCUT2D eigenvalue weighted by atomic mass is 10.1. The maximum absolute atomic E-state index is 13.0. The number of hydrogen-bond acceptors (Lipinski definition) is 3. The van der Waals surface area contributed by atoms with Gasteiger partial charge in [0, 0.05) is 6.54 Å². The molecule has 0 saturated carbocycles. The lowest BCUT2D eigenvalue weighted by Crippen LogP contribution is -2.39. The Morgan fingerprint density at radius 2 is 2.00 bits per heavy atom. The Kier molecular flexibility index (Phi) is 6.58. The van der Waals surface area contributed by atoms with Gasteiger partial charge in [0.1, 0.15) is 5.82 Å². The predicted molar refractivity (Wildman–Crippen MR) is 78.5 cm³/mol. The molecule has 0 aliphatic rings. The largest absolute Gasteiger partial charge is 0.391 e. The van der Waals surface area contributed by atoms with Gasteiger partial charge in [-0.3, -0.25) is 9.59 Å². The molecule has 3 N–H and O–H groups in total. The van der Waals surface area contributed by atoms with Gasteiger partial charge in [0.25, 0.3) is 0 Å². The zero-order chi connectivity index (χ0) is 16.0. The van der Waals surface area contributed by atoms with Crippen molar-refractivity contribution in [1.82, 2.24) is 5.32 Å². The van der Waals surface area contributed by atoms with E-state index in [9.17, 15) is 19.1 Å². The van der Waals surface area contributed by atoms with Crippen LogP contribution in [0.3, 0.4) is 0 Å². The summed E-state index contributed by atoms with van der Waals surface area (Å²) >= 11 is 5.78. The quantitative estimate of drug-likeness (QED) is 0.726. The lowest BCUT2D eigenvalue weighted by molar-refractivity contribution is -0.136. The first-order valence-corrected chi connectivity index (χ1v) is 6.89. The van der Waals surface area contributed by atoms with Crippen LogP contribution in [0, 0.1) is 11.7 Å². The highest BCUT2D eigenvalue weighted by Gasteiger charge is 2.17. The van der Waals surface area contributed by atoms with Crippen LogP contribution in [0.25, 0.3) is 0 Å². The van der Waals surface area contributed by atoms with Crippen LogP contribution in [0.5, 0.6) is 0 Å². The van der Waals surface area contributed by atoms with Gasteiger partial charge in [-0.05, 0) is 30.5 Å². The van der Waals surface area contributed by atoms with Gasteiger partial charge in [-0.2, -0.15) is 0 Å². The van der Waals surface area contributed by atoms with E-state index in [-0.39, 0.29) is 23.2 Å². The first-order chi connectivity index (χ1) is 9.79. The number of aliphatic hydroxyl groups is 1. The van der Waals surface area contributed by atoms with Crippen molar-refractivity contribution in [3.05, 3.63) is 29.0 Å². The van der Waals surface area contributed by atoms with Crippen molar-refractivity contribution in [3.63, 3.8) is 0 Å². The van der Waals surface area contributed by atoms with Gasteiger partial charge in [0.05, 0.1) is 16.8 Å². The minimum Gasteiger partial charge on any atom is -0.391 e. The second-order valence-electron chi connectivity index (χ2n) is 5.07. The van der Waals surface area contributed by atoms with Gasteiger partial charge >= 0.3 is 11.8 Å². The van der Waals surface area contributed by atoms with Crippen molar-refractivity contribution in [2.24, 2.45) is 5.92 Å². The number of rotatable bonds is 5. The fourth-order valence-electron chi connectivity index (χ4n) is 1.69. The zero-order valence-corrected chi connectivity index (χ0v) is 12.6. The van der Waals surface area contributed by atoms with Crippen molar-refractivity contribution in [2.45, 2.75) is 26.4 Å². The molecule has 0 heterocycles. The molecule has 1 atom stereocenters. The SMILES string of the molecule is CC(C)CC(O)CNC(=O)C(=O)Nc1cc(F)ccc1Cl. The summed E-state index contributed by atoms with van der Waals surface area (Å²) in [5.41, 5.74) is 0.0135. The van der Waals surface area contributed by atoms with Crippen LogP contribution < -0.4 is 10.6 Å². The average molecular weight is 317 g/mol. The Hall–Kier alpha value is -1.66. The van der Waals surface area contributed by atoms with Crippen LogP contribution in [0.15, 0.2) is 18.2 Å². The molecular formula is C14H18ClFN2O3. The summed E-state index contributed by atoms with van der Waals surface area (Å²) in [6.07, 6.45) is -0.211. The molecule has 1 unspecified atom stereocenters. The maximum atomic E-state index is 13.0. The Balaban J connectivity index is 2.51. The minimum absolute atomic E-state index is 0.0135. The first kappa shape index (κ1) is 17.4. The molecule has 0 spiro atoms. The van der Waals surface area contributed by atoms with E-state index in [0.717, 1.165) is 12.1 Å². The molecule has 2 amide bonds. The number of carbonyl (C=O) groups excluding carboxylic acids is 2. The van der Waals surface area contributed by atoms with Crippen molar-refractivity contribution >= 4 is 29.1 Å². The number of carbonyl (C=O) groups is 2. The highest BCUT2D eigenvalue weighted by atomic mass is 35.5. The summed E-state index contributed by atoms with van der Waals surface area (Å²) in [6, 6.07) is 3.43. The minimum atomic E-state index is -0.973. The number of halogens is 2. The summed E-state index contributed by atoms with van der Waals surface area (Å²) in [6.45, 7) is 3.84. The van der Waals surface area contributed by atoms with Gasteiger partial charge in [0.15, 0.2) is 0 Å². The molecule has 0 aromatic heterocycles. The van der Waals surface area contributed by atoms with Crippen LogP contribution in [-0.2, 0) is 9.59 Å². The molecule has 1 aromatic carbocycles. The van der Waals surface area contributed by atoms with E-state index in [0.29, 0.717) is 6.42 Å². The lowest BCUT2D eigenvalue weighted by Gasteiger charge is -2.13. The van der Waals surface area contributed by atoms with Crippen LogP contribution in [0.2, 0.25) is 5.02 Å². The van der Waals surface area contributed by atoms with E-state index < -0.39 is 23.7 Å². The van der Waals surface area contributed by atoms with E-state index in [1.54, 1.807) is 0 Å². The molecule has 0 bridgehead atoms. The molecule has 1 rings (SSSR count). The smallest absolute Gasteiger partial charge is 0.313 e. The molecule has 0 aliphatic heterocycles. The molecule has 0 fully saturated rings. The van der Waals surface area contributed by atoms with Gasteiger partial charge in [-0.15, -0.1) is 0 Å². The molecule has 0 radical (unpaired) electrons. The third kappa shape index (κ3) is 6.10. The number of anilines is 1. The van der Waals surface area contributed by atoms with Crippen LogP contribution >= 0.6 is 11.6 Å². The maximum Gasteiger partial charge on any atom is 0.313 e. The average Bonchev–Trinajstić information content (AvgIpc) is 2.39. The molecule has 116 valence electrons. The van der Waals surface area contributed by atoms with E-state index in [4.69, 9.17) is 11.6 Å². The van der Waals surface area contributed by atoms with Crippen LogP contribution in [0.1, 0.15) is 20.3 Å². The van der Waals surface area contributed by atoms with E-state index >= 15 is 0 Å². The van der Waals surface area contributed by atoms with Crippen molar-refractivity contribution in [2.75, 3.05) is 11.9 Å². The molecule has 5 nitrogen and oxygen atoms in total. The standard InChI is InChI=1S/C14H18ClFN2O3/c1-8(2)5-10(19)7-17-13(20)14(21)18-12-6-9(16)3-4-11(12)15/h3-4,6,8,10,19H,5,7H2,1-2H3,(H,17,20)(H,18,21). The summed E-state index contributed by atoms with van der Waals surface area (Å²) in [5, 5.41) is 14.2. The second kappa shape index (κ2) is 7.95. The molecular weight excluding hydrogens is 299 g/mol. The highest BCUT2D eigenvalue weighted by molar-refractivity contribution is 6.41. The van der Waals surface area contributed by atoms with E-state index in [1.165, 1.54) is 6.07 Å². The number of hydrogen-bond donors (Lipinski definition) is 3. The van der Waals surface area contributed by atoms with Gasteiger partial charge in [-0.25, -0.2) is 4.39 Å². The second-order valence-corrected chi connectivity index (χ2v) is 5.48. The normalized spacial score (nSPS) is 12.1. The Morgan fingerprint density at radius 3 is 2.62 bits per heavy atom. The van der Waals surface area contributed by atoms with E-state index in [2.05, 4.69) is 10.6 Å². The molecule has 0 saturated heterocycles. The summed E-state index contributed by atoms with van der Waals surface area (Å²) in [5.74, 6) is -2.20. The number of benzene rings is 1. The highest BCUT2D eigenvalue weighted by Crippen LogP contribution is 2.22.